The fourth-order valence-electron chi connectivity index (χ4n) is 2.99. The smallest absolute Gasteiger partial charge is 0.0943 e. The highest BCUT2D eigenvalue weighted by atomic mass is 14.3. The lowest BCUT2D eigenvalue weighted by atomic mass is 9.93. The van der Waals surface area contributed by atoms with E-state index in [9.17, 15) is 0 Å². The van der Waals surface area contributed by atoms with E-state index in [-0.39, 0.29) is 5.92 Å². The van der Waals surface area contributed by atoms with E-state index in [1.165, 1.54) is 33.4 Å². The minimum absolute atomic E-state index is 0.190. The topological polar surface area (TPSA) is 23.8 Å². The summed E-state index contributed by atoms with van der Waals surface area (Å²) in [5.74, 6) is 0.190. The van der Waals surface area contributed by atoms with Crippen molar-refractivity contribution >= 4 is 0 Å². The monoisotopic (exact) mass is 329 g/mol. The van der Waals surface area contributed by atoms with Crippen LogP contribution in [0.5, 0.6) is 0 Å². The van der Waals surface area contributed by atoms with Gasteiger partial charge in [0, 0.05) is 5.57 Å². The van der Waals surface area contributed by atoms with Crippen molar-refractivity contribution in [2.45, 2.75) is 40.0 Å². The number of hydrogen-bond acceptors (Lipinski definition) is 1. The highest BCUT2D eigenvalue weighted by Crippen LogP contribution is 2.19. The molecule has 25 heavy (non-hydrogen) atoms. The van der Waals surface area contributed by atoms with Gasteiger partial charge in [0.2, 0.25) is 0 Å². The lowest BCUT2D eigenvalue weighted by Crippen LogP contribution is -2.02. The Labute approximate surface area is 152 Å². The largest absolute Gasteiger partial charge is 0.193 e. The molecule has 0 N–H and O–H groups in total. The maximum Gasteiger partial charge on any atom is 0.0943 e. The van der Waals surface area contributed by atoms with Gasteiger partial charge in [-0.25, -0.2) is 0 Å². The van der Waals surface area contributed by atoms with Crippen LogP contribution in [-0.4, -0.2) is 0 Å². The molecule has 2 aromatic carbocycles. The van der Waals surface area contributed by atoms with E-state index in [1.54, 1.807) is 0 Å². The highest BCUT2D eigenvalue weighted by molar-refractivity contribution is 5.35. The van der Waals surface area contributed by atoms with Crippen molar-refractivity contribution in [3.63, 3.8) is 0 Å². The first-order valence-corrected chi connectivity index (χ1v) is 8.78. The number of aryl methyl sites for hydroxylation is 2. The second-order valence-corrected chi connectivity index (χ2v) is 7.09. The molecule has 0 spiro atoms. The number of benzene rings is 2. The van der Waals surface area contributed by atoms with Crippen molar-refractivity contribution in [1.82, 2.24) is 0 Å². The molecule has 2 aromatic rings. The molecule has 1 atom stereocenters. The molecule has 0 fully saturated rings. The van der Waals surface area contributed by atoms with E-state index < -0.39 is 0 Å². The number of hydrogen-bond donors (Lipinski definition) is 0. The van der Waals surface area contributed by atoms with Gasteiger partial charge in [-0.3, -0.25) is 0 Å². The zero-order valence-electron chi connectivity index (χ0n) is 15.6. The van der Waals surface area contributed by atoms with Crippen LogP contribution in [0.1, 0.15) is 34.7 Å². The normalized spacial score (nSPS) is 11.6. The van der Waals surface area contributed by atoms with Gasteiger partial charge in [-0.1, -0.05) is 73.7 Å². The van der Waals surface area contributed by atoms with Crippen molar-refractivity contribution in [3.8, 4) is 6.07 Å². The fraction of sp³-hybridized carbons (Fsp3) is 0.292. The summed E-state index contributed by atoms with van der Waals surface area (Å²) in [4.78, 5) is 0. The summed E-state index contributed by atoms with van der Waals surface area (Å²) in [6.07, 6.45) is 2.68. The van der Waals surface area contributed by atoms with Gasteiger partial charge >= 0.3 is 0 Å². The van der Waals surface area contributed by atoms with Crippen molar-refractivity contribution in [1.29, 1.82) is 5.26 Å². The van der Waals surface area contributed by atoms with Gasteiger partial charge in [-0.15, -0.1) is 0 Å². The Bertz CT molecular complexity index is 803. The summed E-state index contributed by atoms with van der Waals surface area (Å²) in [7, 11) is 0. The average molecular weight is 329 g/mol. The Morgan fingerprint density at radius 1 is 1.00 bits per heavy atom. The molecule has 128 valence electrons. The molecule has 1 heteroatoms. The van der Waals surface area contributed by atoms with Crippen LogP contribution in [0.25, 0.3) is 0 Å². The third-order valence-corrected chi connectivity index (χ3v) is 4.70. The Balaban J connectivity index is 1.96. The summed E-state index contributed by atoms with van der Waals surface area (Å²) < 4.78 is 0. The molecule has 0 saturated carbocycles. The number of nitrogens with zero attached hydrogens (tertiary/aromatic N) is 1. The minimum atomic E-state index is 0.190. The van der Waals surface area contributed by atoms with E-state index in [0.29, 0.717) is 5.57 Å². The van der Waals surface area contributed by atoms with E-state index in [4.69, 9.17) is 5.26 Å². The second-order valence-electron chi connectivity index (χ2n) is 7.09. The molecule has 0 amide bonds. The number of rotatable bonds is 7. The lowest BCUT2D eigenvalue weighted by molar-refractivity contribution is 0.699. The quantitative estimate of drug-likeness (QED) is 0.458. The predicted molar refractivity (Wildman–Crippen MR) is 107 cm³/mol. The maximum atomic E-state index is 8.92. The molecule has 0 bridgehead atoms. The van der Waals surface area contributed by atoms with Gasteiger partial charge < -0.3 is 0 Å². The van der Waals surface area contributed by atoms with Crippen molar-refractivity contribution in [2.75, 3.05) is 0 Å². The number of nitriles is 1. The zero-order chi connectivity index (χ0) is 18.4. The molecular weight excluding hydrogens is 302 g/mol. The molecule has 1 nitrogen and oxygen atoms in total. The van der Waals surface area contributed by atoms with Crippen LogP contribution in [0.3, 0.4) is 0 Å². The van der Waals surface area contributed by atoms with Crippen molar-refractivity contribution in [2.24, 2.45) is 5.92 Å². The lowest BCUT2D eigenvalue weighted by Gasteiger charge is -2.12. The second kappa shape index (κ2) is 8.49. The first kappa shape index (κ1) is 18.7. The molecule has 2 rings (SSSR count). The van der Waals surface area contributed by atoms with Crippen molar-refractivity contribution < 1.29 is 0 Å². The standard InChI is InChI=1S/C24H27N/c1-17-6-7-19(3)24(13-17)14-18(2)12-22-8-10-23(11-9-22)15-20(4)21(5)16-25/h6-11,13,20H,2,5,12,14-15H2,1,3-4H3. The van der Waals surface area contributed by atoms with Crippen LogP contribution >= 0.6 is 0 Å². The van der Waals surface area contributed by atoms with Crippen LogP contribution in [0.15, 0.2) is 66.8 Å². The molecule has 0 heterocycles. The summed E-state index contributed by atoms with van der Waals surface area (Å²) >= 11 is 0. The molecule has 0 saturated heterocycles. The van der Waals surface area contributed by atoms with Crippen LogP contribution in [0.2, 0.25) is 0 Å². The Morgan fingerprint density at radius 2 is 1.64 bits per heavy atom. The van der Waals surface area contributed by atoms with Crippen molar-refractivity contribution in [3.05, 3.63) is 94.6 Å². The SMILES string of the molecule is C=C(Cc1ccc(CC(C)C(=C)C#N)cc1)Cc1cc(C)ccc1C. The minimum Gasteiger partial charge on any atom is -0.193 e. The van der Waals surface area contributed by atoms with Gasteiger partial charge in [0.05, 0.1) is 6.07 Å². The fourth-order valence-corrected chi connectivity index (χ4v) is 2.99. The average Bonchev–Trinajstić information content (AvgIpc) is 2.59. The van der Waals surface area contributed by atoms with Gasteiger partial charge in [0.15, 0.2) is 0 Å². The van der Waals surface area contributed by atoms with Gasteiger partial charge in [-0.05, 0) is 61.3 Å². The molecule has 0 aliphatic rings. The third-order valence-electron chi connectivity index (χ3n) is 4.70. The van der Waals surface area contributed by atoms with E-state index in [0.717, 1.165) is 19.3 Å². The van der Waals surface area contributed by atoms with Crippen LogP contribution in [-0.2, 0) is 19.3 Å². The Hall–Kier alpha value is -2.59. The molecular formula is C24H27N. The summed E-state index contributed by atoms with van der Waals surface area (Å²) in [5, 5.41) is 8.92. The first-order valence-electron chi connectivity index (χ1n) is 8.78. The van der Waals surface area contributed by atoms with Crippen LogP contribution < -0.4 is 0 Å². The molecule has 1 unspecified atom stereocenters. The first-order chi connectivity index (χ1) is 11.9. The molecule has 0 radical (unpaired) electrons. The Kier molecular flexibility index (Phi) is 6.37. The van der Waals surface area contributed by atoms with E-state index in [2.05, 4.69) is 75.5 Å². The van der Waals surface area contributed by atoms with Crippen LogP contribution in [0.4, 0.5) is 0 Å². The molecule has 0 aliphatic heterocycles. The summed E-state index contributed by atoms with van der Waals surface area (Å²) in [5.41, 5.74) is 8.39. The van der Waals surface area contributed by atoms with Crippen LogP contribution in [0, 0.1) is 31.1 Å². The third kappa shape index (κ3) is 5.47. The van der Waals surface area contributed by atoms with E-state index in [1.807, 2.05) is 6.92 Å². The van der Waals surface area contributed by atoms with Gasteiger partial charge in [0.1, 0.15) is 0 Å². The molecule has 0 aliphatic carbocycles. The maximum absolute atomic E-state index is 8.92. The Morgan fingerprint density at radius 3 is 2.28 bits per heavy atom. The summed E-state index contributed by atoms with van der Waals surface area (Å²) in [6, 6.07) is 17.4. The summed E-state index contributed by atoms with van der Waals surface area (Å²) in [6.45, 7) is 14.4. The molecule has 0 aromatic heterocycles. The van der Waals surface area contributed by atoms with Gasteiger partial charge in [-0.2, -0.15) is 5.26 Å². The zero-order valence-corrected chi connectivity index (χ0v) is 15.6. The highest BCUT2D eigenvalue weighted by Gasteiger charge is 2.08. The van der Waals surface area contributed by atoms with E-state index >= 15 is 0 Å². The van der Waals surface area contributed by atoms with Gasteiger partial charge in [0.25, 0.3) is 0 Å². The predicted octanol–water partition coefficient (Wildman–Crippen LogP) is 5.90. The number of allylic oxidation sites excluding steroid dienone is 2.